The molecular weight excluding hydrogens is 236 g/mol. The highest BCUT2D eigenvalue weighted by molar-refractivity contribution is 7.99. The average molecular weight is 252 g/mol. The summed E-state index contributed by atoms with van der Waals surface area (Å²) < 4.78 is 0. The Hall–Kier alpha value is -1.49. The smallest absolute Gasteiger partial charge is 0.295 e. The van der Waals surface area contributed by atoms with E-state index in [1.807, 2.05) is 12.1 Å². The zero-order valence-corrected chi connectivity index (χ0v) is 10.6. The third kappa shape index (κ3) is 4.11. The van der Waals surface area contributed by atoms with Crippen LogP contribution in [0.4, 0.5) is 11.4 Å². The van der Waals surface area contributed by atoms with Crippen molar-refractivity contribution in [1.29, 1.82) is 0 Å². The first kappa shape index (κ1) is 13.6. The number of rotatable bonds is 7. The van der Waals surface area contributed by atoms with Crippen molar-refractivity contribution in [3.8, 4) is 0 Å². The van der Waals surface area contributed by atoms with Gasteiger partial charge < -0.3 is 5.32 Å². The Morgan fingerprint density at radius 3 is 3.00 bits per heavy atom. The predicted octanol–water partition coefficient (Wildman–Crippen LogP) is 3.23. The van der Waals surface area contributed by atoms with E-state index in [4.69, 9.17) is 0 Å². The second-order valence-corrected chi connectivity index (χ2v) is 4.67. The van der Waals surface area contributed by atoms with Crippen LogP contribution in [0.15, 0.2) is 30.9 Å². The molecule has 0 atom stereocenters. The minimum absolute atomic E-state index is 0.168. The molecule has 0 spiro atoms. The molecule has 1 rings (SSSR count). The summed E-state index contributed by atoms with van der Waals surface area (Å²) in [4.78, 5) is 10.6. The minimum Gasteiger partial charge on any atom is -0.379 e. The topological polar surface area (TPSA) is 55.2 Å². The van der Waals surface area contributed by atoms with Crippen molar-refractivity contribution in [3.63, 3.8) is 0 Å². The first-order valence-electron chi connectivity index (χ1n) is 5.33. The summed E-state index contributed by atoms with van der Waals surface area (Å²) in [5, 5.41) is 14.0. The van der Waals surface area contributed by atoms with Gasteiger partial charge in [-0.1, -0.05) is 18.2 Å². The molecule has 92 valence electrons. The average Bonchev–Trinajstić information content (AvgIpc) is 2.28. The molecule has 1 aromatic rings. The highest BCUT2D eigenvalue weighted by atomic mass is 32.2. The Balaban J connectivity index is 2.61. The van der Waals surface area contributed by atoms with Gasteiger partial charge in [-0.2, -0.15) is 11.8 Å². The van der Waals surface area contributed by atoms with Crippen LogP contribution in [-0.2, 0) is 0 Å². The molecule has 0 fully saturated rings. The molecule has 0 bridgehead atoms. The van der Waals surface area contributed by atoms with Gasteiger partial charge >= 0.3 is 0 Å². The van der Waals surface area contributed by atoms with Crippen molar-refractivity contribution >= 4 is 23.1 Å². The number of nitrogens with zero attached hydrogens (tertiary/aromatic N) is 1. The van der Waals surface area contributed by atoms with Gasteiger partial charge in [0, 0.05) is 23.6 Å². The van der Waals surface area contributed by atoms with Crippen molar-refractivity contribution in [3.05, 3.63) is 46.5 Å². The normalized spacial score (nSPS) is 9.94. The first-order chi connectivity index (χ1) is 8.16. The van der Waals surface area contributed by atoms with E-state index in [-0.39, 0.29) is 10.6 Å². The number of anilines is 1. The van der Waals surface area contributed by atoms with E-state index in [9.17, 15) is 10.1 Å². The lowest BCUT2D eigenvalue weighted by Crippen LogP contribution is -2.07. The van der Waals surface area contributed by atoms with Gasteiger partial charge in [-0.05, 0) is 13.0 Å². The molecule has 5 heteroatoms. The third-order valence-electron chi connectivity index (χ3n) is 2.22. The van der Waals surface area contributed by atoms with Crippen LogP contribution in [0.1, 0.15) is 5.56 Å². The Bertz CT molecular complexity index is 407. The van der Waals surface area contributed by atoms with Crippen LogP contribution in [0.25, 0.3) is 0 Å². The SMILES string of the molecule is C=CCSCCNc1cccc(C)c1[N+](=O)[O-]. The maximum absolute atomic E-state index is 10.9. The number of hydrogen-bond acceptors (Lipinski definition) is 4. The van der Waals surface area contributed by atoms with Gasteiger partial charge in [0.25, 0.3) is 5.69 Å². The molecule has 0 saturated heterocycles. The summed E-state index contributed by atoms with van der Waals surface area (Å²) in [5.41, 5.74) is 1.44. The zero-order chi connectivity index (χ0) is 12.7. The summed E-state index contributed by atoms with van der Waals surface area (Å²) in [7, 11) is 0. The van der Waals surface area contributed by atoms with Gasteiger partial charge in [-0.25, -0.2) is 0 Å². The molecule has 0 aliphatic carbocycles. The number of aryl methyl sites for hydroxylation is 1. The van der Waals surface area contributed by atoms with E-state index in [1.54, 1.807) is 30.8 Å². The van der Waals surface area contributed by atoms with Crippen LogP contribution < -0.4 is 5.32 Å². The third-order valence-corrected chi connectivity index (χ3v) is 3.18. The minimum atomic E-state index is -0.339. The summed E-state index contributed by atoms with van der Waals surface area (Å²) in [5.74, 6) is 1.80. The lowest BCUT2D eigenvalue weighted by Gasteiger charge is -2.07. The summed E-state index contributed by atoms with van der Waals surface area (Å²) in [6.45, 7) is 6.09. The summed E-state index contributed by atoms with van der Waals surface area (Å²) in [6, 6.07) is 5.31. The Morgan fingerprint density at radius 2 is 2.35 bits per heavy atom. The standard InChI is InChI=1S/C12H16N2O2S/c1-3-8-17-9-7-13-11-6-4-5-10(2)12(11)14(15)16/h3-6,13H,1,7-9H2,2H3. The van der Waals surface area contributed by atoms with Gasteiger partial charge in [0.05, 0.1) is 4.92 Å². The molecule has 0 aromatic heterocycles. The van der Waals surface area contributed by atoms with Crippen molar-refractivity contribution in [2.75, 3.05) is 23.4 Å². The molecule has 0 heterocycles. The molecule has 1 N–H and O–H groups in total. The maximum Gasteiger partial charge on any atom is 0.295 e. The largest absolute Gasteiger partial charge is 0.379 e. The van der Waals surface area contributed by atoms with Gasteiger partial charge in [0.15, 0.2) is 0 Å². The predicted molar refractivity (Wildman–Crippen MR) is 73.8 cm³/mol. The monoisotopic (exact) mass is 252 g/mol. The lowest BCUT2D eigenvalue weighted by atomic mass is 10.1. The number of thioether (sulfide) groups is 1. The van der Waals surface area contributed by atoms with Crippen LogP contribution in [0.2, 0.25) is 0 Å². The first-order valence-corrected chi connectivity index (χ1v) is 6.48. The van der Waals surface area contributed by atoms with E-state index in [1.165, 1.54) is 0 Å². The molecule has 4 nitrogen and oxygen atoms in total. The van der Waals surface area contributed by atoms with E-state index < -0.39 is 0 Å². The maximum atomic E-state index is 10.9. The van der Waals surface area contributed by atoms with Gasteiger partial charge in [0.2, 0.25) is 0 Å². The van der Waals surface area contributed by atoms with Gasteiger partial charge in [0.1, 0.15) is 5.69 Å². The van der Waals surface area contributed by atoms with Crippen LogP contribution in [0, 0.1) is 17.0 Å². The molecule has 1 aromatic carbocycles. The fourth-order valence-corrected chi connectivity index (χ4v) is 2.05. The van der Waals surface area contributed by atoms with Crippen molar-refractivity contribution in [1.82, 2.24) is 0 Å². The quantitative estimate of drug-likeness (QED) is 0.350. The molecule has 0 aliphatic heterocycles. The summed E-state index contributed by atoms with van der Waals surface area (Å²) in [6.07, 6.45) is 1.85. The van der Waals surface area contributed by atoms with E-state index >= 15 is 0 Å². The highest BCUT2D eigenvalue weighted by Crippen LogP contribution is 2.27. The lowest BCUT2D eigenvalue weighted by molar-refractivity contribution is -0.384. The van der Waals surface area contributed by atoms with Crippen LogP contribution >= 0.6 is 11.8 Å². The Labute approximate surface area is 105 Å². The number of nitro groups is 1. The van der Waals surface area contributed by atoms with Crippen molar-refractivity contribution < 1.29 is 4.92 Å². The molecular formula is C12H16N2O2S. The molecule has 17 heavy (non-hydrogen) atoms. The van der Waals surface area contributed by atoms with Gasteiger partial charge in [-0.3, -0.25) is 10.1 Å². The fraction of sp³-hybridized carbons (Fsp3) is 0.333. The zero-order valence-electron chi connectivity index (χ0n) is 9.81. The second-order valence-electron chi connectivity index (χ2n) is 3.52. The van der Waals surface area contributed by atoms with Crippen molar-refractivity contribution in [2.24, 2.45) is 0 Å². The fourth-order valence-electron chi connectivity index (χ4n) is 1.47. The van der Waals surface area contributed by atoms with E-state index in [2.05, 4.69) is 11.9 Å². The molecule has 0 aliphatic rings. The number of benzene rings is 1. The van der Waals surface area contributed by atoms with E-state index in [0.29, 0.717) is 17.8 Å². The second kappa shape index (κ2) is 6.96. The number of hydrogen-bond donors (Lipinski definition) is 1. The number of nitro benzene ring substituents is 1. The molecule has 0 unspecified atom stereocenters. The Morgan fingerprint density at radius 1 is 1.59 bits per heavy atom. The van der Waals surface area contributed by atoms with Crippen LogP contribution in [0.3, 0.4) is 0 Å². The molecule has 0 saturated carbocycles. The number of para-hydroxylation sites is 1. The van der Waals surface area contributed by atoms with Crippen LogP contribution in [0.5, 0.6) is 0 Å². The van der Waals surface area contributed by atoms with E-state index in [0.717, 1.165) is 11.5 Å². The molecule has 0 radical (unpaired) electrons. The van der Waals surface area contributed by atoms with Crippen LogP contribution in [-0.4, -0.2) is 23.0 Å². The van der Waals surface area contributed by atoms with Gasteiger partial charge in [-0.15, -0.1) is 6.58 Å². The molecule has 0 amide bonds. The highest BCUT2D eigenvalue weighted by Gasteiger charge is 2.15. The summed E-state index contributed by atoms with van der Waals surface area (Å²) >= 11 is 1.74. The van der Waals surface area contributed by atoms with Crippen molar-refractivity contribution in [2.45, 2.75) is 6.92 Å². The number of nitrogens with one attached hydrogen (secondary N) is 1. The Kier molecular flexibility index (Phi) is 5.56.